The lowest BCUT2D eigenvalue weighted by Gasteiger charge is -2.67. The number of nitrogens with two attached hydrogens (primary N) is 1. The van der Waals surface area contributed by atoms with Crippen LogP contribution in [0, 0.1) is 11.1 Å². The van der Waals surface area contributed by atoms with E-state index in [4.69, 9.17) is 10.5 Å². The van der Waals surface area contributed by atoms with Crippen LogP contribution in [0.3, 0.4) is 0 Å². The maximum atomic E-state index is 14.0. The van der Waals surface area contributed by atoms with Crippen molar-refractivity contribution in [3.8, 4) is 5.75 Å². The summed E-state index contributed by atoms with van der Waals surface area (Å²) in [5.41, 5.74) is 5.59. The van der Waals surface area contributed by atoms with Gasteiger partial charge in [-0.25, -0.2) is 0 Å². The summed E-state index contributed by atoms with van der Waals surface area (Å²) in [7, 11) is 0. The van der Waals surface area contributed by atoms with Gasteiger partial charge in [-0.3, -0.25) is 4.79 Å². The number of benzene rings is 1. The molecule has 2 aliphatic heterocycles. The number of piperidine rings is 1. The van der Waals surface area contributed by atoms with Crippen LogP contribution in [0.25, 0.3) is 0 Å². The average Bonchev–Trinajstić information content (AvgIpc) is 3.37. The number of aliphatic hydroxyl groups is 2. The molecule has 1 unspecified atom stereocenters. The van der Waals surface area contributed by atoms with Crippen molar-refractivity contribution in [2.45, 2.75) is 67.8 Å². The predicted octanol–water partition coefficient (Wildman–Crippen LogP) is 1.14. The zero-order valence-electron chi connectivity index (χ0n) is 16.2. The first-order valence-electron chi connectivity index (χ1n) is 10.4. The quantitative estimate of drug-likeness (QED) is 0.499. The number of hydrogen-bond acceptors (Lipinski definition) is 5. The first kappa shape index (κ1) is 19.6. The molecule has 1 spiro atoms. The molecule has 2 heterocycles. The fourth-order valence-corrected chi connectivity index (χ4v) is 6.94. The van der Waals surface area contributed by atoms with Gasteiger partial charge in [-0.05, 0) is 37.3 Å². The summed E-state index contributed by atoms with van der Waals surface area (Å²) >= 11 is 0. The Labute approximate surface area is 175 Å². The SMILES string of the molecule is Cl.NC(=O)c1ccc2c3c1O[C@H]1[C@@H](O)CC[C@@]4(O)[C@@H](C2)[N+]([O-])(CC2CC2)CC[C@]314. The number of carbonyl (C=O) groups is 1. The molecule has 1 aromatic rings. The number of hydrogen-bond donors (Lipinski definition) is 3. The minimum absolute atomic E-state index is 0. The summed E-state index contributed by atoms with van der Waals surface area (Å²) in [6, 6.07) is 3.07. The molecule has 7 nitrogen and oxygen atoms in total. The van der Waals surface area contributed by atoms with Gasteiger partial charge in [0, 0.05) is 24.3 Å². The summed E-state index contributed by atoms with van der Waals surface area (Å²) in [5.74, 6) is 0.307. The summed E-state index contributed by atoms with van der Waals surface area (Å²) in [5, 5.41) is 36.9. The summed E-state index contributed by atoms with van der Waals surface area (Å²) < 4.78 is 5.84. The van der Waals surface area contributed by atoms with E-state index in [9.17, 15) is 20.2 Å². The van der Waals surface area contributed by atoms with Crippen molar-refractivity contribution < 1.29 is 24.4 Å². The second-order valence-corrected chi connectivity index (χ2v) is 9.65. The third-order valence-electron chi connectivity index (χ3n) is 8.31. The van der Waals surface area contributed by atoms with Crippen LogP contribution in [-0.4, -0.2) is 57.7 Å². The van der Waals surface area contributed by atoms with Gasteiger partial charge >= 0.3 is 0 Å². The molecule has 4 N–H and O–H groups in total. The number of nitrogens with zero attached hydrogens (tertiary/aromatic N) is 1. The van der Waals surface area contributed by atoms with E-state index in [0.717, 1.165) is 24.0 Å². The molecule has 2 saturated carbocycles. The van der Waals surface area contributed by atoms with Crippen LogP contribution < -0.4 is 10.5 Å². The highest BCUT2D eigenvalue weighted by atomic mass is 35.5. The number of quaternary nitrogens is 1. The molecule has 5 aliphatic rings. The van der Waals surface area contributed by atoms with E-state index >= 15 is 0 Å². The Morgan fingerprint density at radius 2 is 2.07 bits per heavy atom. The Morgan fingerprint density at radius 1 is 1.31 bits per heavy atom. The molecule has 1 aromatic carbocycles. The molecule has 0 radical (unpaired) electrons. The molecule has 6 rings (SSSR count). The zero-order chi connectivity index (χ0) is 19.5. The fourth-order valence-electron chi connectivity index (χ4n) is 6.94. The minimum Gasteiger partial charge on any atom is -0.632 e. The molecular weight excluding hydrogens is 396 g/mol. The number of aliphatic hydroxyl groups excluding tert-OH is 1. The van der Waals surface area contributed by atoms with Crippen LogP contribution in [0.2, 0.25) is 0 Å². The van der Waals surface area contributed by atoms with Gasteiger partial charge in [0.25, 0.3) is 5.91 Å². The van der Waals surface area contributed by atoms with Crippen molar-refractivity contribution in [3.63, 3.8) is 0 Å². The molecule has 2 bridgehead atoms. The third-order valence-corrected chi connectivity index (χ3v) is 8.31. The van der Waals surface area contributed by atoms with Crippen LogP contribution in [0.5, 0.6) is 5.75 Å². The maximum Gasteiger partial charge on any atom is 0.252 e. The van der Waals surface area contributed by atoms with E-state index in [-0.39, 0.29) is 17.1 Å². The molecule has 29 heavy (non-hydrogen) atoms. The lowest BCUT2D eigenvalue weighted by atomic mass is 9.48. The van der Waals surface area contributed by atoms with E-state index in [2.05, 4.69) is 0 Å². The van der Waals surface area contributed by atoms with Gasteiger partial charge in [0.15, 0.2) is 0 Å². The highest BCUT2D eigenvalue weighted by Crippen LogP contribution is 2.65. The molecule has 3 aliphatic carbocycles. The van der Waals surface area contributed by atoms with Gasteiger partial charge in [0.05, 0.1) is 30.2 Å². The second kappa shape index (κ2) is 5.86. The number of amides is 1. The zero-order valence-corrected chi connectivity index (χ0v) is 17.0. The minimum atomic E-state index is -1.24. The van der Waals surface area contributed by atoms with Gasteiger partial charge in [0.2, 0.25) is 0 Å². The number of primary amides is 1. The van der Waals surface area contributed by atoms with E-state index < -0.39 is 35.2 Å². The maximum absolute atomic E-state index is 14.0. The molecule has 1 amide bonds. The lowest BCUT2D eigenvalue weighted by molar-refractivity contribution is -0.924. The van der Waals surface area contributed by atoms with Crippen LogP contribution in [-0.2, 0) is 11.8 Å². The summed E-state index contributed by atoms with van der Waals surface area (Å²) in [4.78, 5) is 12.0. The topological polar surface area (TPSA) is 116 Å². The molecule has 1 saturated heterocycles. The lowest BCUT2D eigenvalue weighted by Crippen LogP contribution is -2.80. The molecule has 8 heteroatoms. The van der Waals surface area contributed by atoms with Crippen LogP contribution in [0.4, 0.5) is 0 Å². The number of halogens is 1. The van der Waals surface area contributed by atoms with Crippen molar-refractivity contribution in [2.24, 2.45) is 11.7 Å². The van der Waals surface area contributed by atoms with Gasteiger partial charge in [0.1, 0.15) is 23.5 Å². The number of rotatable bonds is 3. The van der Waals surface area contributed by atoms with Gasteiger partial charge in [-0.15, -0.1) is 12.4 Å². The number of ether oxygens (including phenoxy) is 1. The Balaban J connectivity index is 0.00000181. The van der Waals surface area contributed by atoms with Crippen LogP contribution >= 0.6 is 12.4 Å². The van der Waals surface area contributed by atoms with Crippen LogP contribution in [0.15, 0.2) is 12.1 Å². The first-order chi connectivity index (χ1) is 13.3. The van der Waals surface area contributed by atoms with Crippen molar-refractivity contribution in [3.05, 3.63) is 34.0 Å². The third kappa shape index (κ3) is 2.20. The highest BCUT2D eigenvalue weighted by Gasteiger charge is 2.75. The van der Waals surface area contributed by atoms with Gasteiger partial charge < -0.3 is 30.5 Å². The number of hydroxylamine groups is 3. The van der Waals surface area contributed by atoms with Gasteiger partial charge in [-0.2, -0.15) is 0 Å². The Hall–Kier alpha value is -1.38. The molecule has 0 aromatic heterocycles. The van der Waals surface area contributed by atoms with Crippen LogP contribution in [0.1, 0.15) is 53.6 Å². The van der Waals surface area contributed by atoms with Crippen molar-refractivity contribution >= 4 is 18.3 Å². The van der Waals surface area contributed by atoms with E-state index in [1.54, 1.807) is 6.07 Å². The normalized spacial score (nSPS) is 43.8. The molecule has 6 atom stereocenters. The van der Waals surface area contributed by atoms with Crippen molar-refractivity contribution in [1.82, 2.24) is 0 Å². The Bertz CT molecular complexity index is 907. The smallest absolute Gasteiger partial charge is 0.252 e. The molecular formula is C21H27ClN2O5. The highest BCUT2D eigenvalue weighted by molar-refractivity contribution is 5.97. The summed E-state index contributed by atoms with van der Waals surface area (Å²) in [6.45, 7) is 0.981. The average molecular weight is 423 g/mol. The van der Waals surface area contributed by atoms with E-state index in [1.807, 2.05) is 6.07 Å². The summed E-state index contributed by atoms with van der Waals surface area (Å²) in [6.07, 6.45) is 2.52. The number of likely N-dealkylation sites (tertiary alicyclic amines) is 1. The largest absolute Gasteiger partial charge is 0.632 e. The van der Waals surface area contributed by atoms with E-state index in [0.29, 0.717) is 56.0 Å². The predicted molar refractivity (Wildman–Crippen MR) is 107 cm³/mol. The van der Waals surface area contributed by atoms with Gasteiger partial charge in [-0.1, -0.05) is 6.07 Å². The molecule has 3 fully saturated rings. The Kier molecular flexibility index (Phi) is 3.95. The standard InChI is InChI=1S/C21H26N2O5.ClH/c22-19(25)13-4-3-12-9-15-21(26)6-5-14(24)18-20(21,16(12)17(13)28-18)7-8-23(15,27)10-11-1-2-11;/h3-4,11,14-15,18,24,26H,1-2,5-10H2,(H2,22,25);1H/t14-,15+,18-,20-,21+,23?;/m0./s1. The monoisotopic (exact) mass is 422 g/mol. The fraction of sp³-hybridized carbons (Fsp3) is 0.667. The molecule has 158 valence electrons. The second-order valence-electron chi connectivity index (χ2n) is 9.65. The number of carbonyl (C=O) groups excluding carboxylic acids is 1. The Morgan fingerprint density at radius 3 is 2.76 bits per heavy atom. The van der Waals surface area contributed by atoms with Crippen molar-refractivity contribution in [2.75, 3.05) is 13.1 Å². The first-order valence-corrected chi connectivity index (χ1v) is 10.4. The van der Waals surface area contributed by atoms with Crippen molar-refractivity contribution in [1.29, 1.82) is 0 Å². The van der Waals surface area contributed by atoms with E-state index in [1.165, 1.54) is 0 Å².